The van der Waals surface area contributed by atoms with Gasteiger partial charge in [0.15, 0.2) is 5.78 Å². The van der Waals surface area contributed by atoms with Gasteiger partial charge in [0.25, 0.3) is 0 Å². The fourth-order valence-electron chi connectivity index (χ4n) is 1.18. The summed E-state index contributed by atoms with van der Waals surface area (Å²) in [6.45, 7) is 0. The molecule has 1 aromatic rings. The Morgan fingerprint density at radius 2 is 2.07 bits per heavy atom. The maximum absolute atomic E-state index is 11.5. The molecule has 0 saturated heterocycles. The van der Waals surface area contributed by atoms with E-state index in [1.165, 1.54) is 0 Å². The Morgan fingerprint density at radius 3 is 2.71 bits per heavy atom. The van der Waals surface area contributed by atoms with Gasteiger partial charge in [0.2, 0.25) is 0 Å². The maximum Gasteiger partial charge on any atom is 0.163 e. The van der Waals surface area contributed by atoms with Crippen molar-refractivity contribution < 1.29 is 4.79 Å². The molecule has 14 heavy (non-hydrogen) atoms. The third kappa shape index (κ3) is 2.32. The van der Waals surface area contributed by atoms with Crippen molar-refractivity contribution in [2.24, 2.45) is 0 Å². The monoisotopic (exact) mass is 201 g/mol. The van der Waals surface area contributed by atoms with Crippen LogP contribution in [-0.4, -0.2) is 5.78 Å². The van der Waals surface area contributed by atoms with Crippen LogP contribution in [-0.2, 0) is 4.79 Å². The van der Waals surface area contributed by atoms with Gasteiger partial charge in [-0.15, -0.1) is 11.3 Å². The summed E-state index contributed by atoms with van der Waals surface area (Å²) in [6.07, 6.45) is 10.8. The molecule has 2 heteroatoms. The van der Waals surface area contributed by atoms with Gasteiger partial charge >= 0.3 is 0 Å². The molecule has 0 bridgehead atoms. The smallest absolute Gasteiger partial charge is 0.163 e. The van der Waals surface area contributed by atoms with Gasteiger partial charge in [0.1, 0.15) is 0 Å². The molecular weight excluding hydrogens is 192 g/mol. The number of hydrogen-bond acceptors (Lipinski definition) is 2. The van der Waals surface area contributed by atoms with Gasteiger partial charge in [-0.25, -0.2) is 0 Å². The summed E-state index contributed by atoms with van der Waals surface area (Å²) in [5, 5.41) is 1.99. The molecule has 0 N–H and O–H groups in total. The van der Waals surface area contributed by atoms with Gasteiger partial charge in [-0.1, -0.05) is 6.07 Å². The molecule has 1 heterocycles. The number of rotatable bonds is 3. The first kappa shape index (κ1) is 9.66. The van der Waals surface area contributed by atoms with Crippen LogP contribution in [0.25, 0.3) is 6.08 Å². The number of allylic oxidation sites excluding steroid dienone is 1. The predicted octanol–water partition coefficient (Wildman–Crippen LogP) is 2.74. The van der Waals surface area contributed by atoms with E-state index in [0.29, 0.717) is 0 Å². The second kappa shape index (κ2) is 4.56. The van der Waals surface area contributed by atoms with Crippen molar-refractivity contribution in [2.75, 3.05) is 0 Å². The van der Waals surface area contributed by atoms with Crippen LogP contribution in [0.15, 0.2) is 23.6 Å². The van der Waals surface area contributed by atoms with Gasteiger partial charge in [0, 0.05) is 4.88 Å². The molecule has 5 radical (unpaired) electrons. The SMILES string of the molecule is O=C(/C=C/c1cccs1)[C]1[CH][CH][CH][CH]1. The molecule has 2 rings (SSSR count). The second-order valence-corrected chi connectivity index (χ2v) is 3.87. The number of carbonyl (C=O) groups excluding carboxylic acids is 1. The molecule has 1 nitrogen and oxygen atoms in total. The van der Waals surface area contributed by atoms with Crippen molar-refractivity contribution in [3.8, 4) is 0 Å². The van der Waals surface area contributed by atoms with Gasteiger partial charge in [-0.2, -0.15) is 0 Å². The summed E-state index contributed by atoms with van der Waals surface area (Å²) in [7, 11) is 0. The van der Waals surface area contributed by atoms with E-state index in [2.05, 4.69) is 0 Å². The first-order valence-electron chi connectivity index (χ1n) is 4.34. The Kier molecular flexibility index (Phi) is 3.14. The molecule has 0 aromatic carbocycles. The Morgan fingerprint density at radius 1 is 1.29 bits per heavy atom. The number of thiophene rings is 1. The Hall–Kier alpha value is -0.890. The van der Waals surface area contributed by atoms with Crippen LogP contribution in [0, 0.1) is 31.6 Å². The fraction of sp³-hybridized carbons (Fsp3) is 0. The highest BCUT2D eigenvalue weighted by Gasteiger charge is 2.22. The van der Waals surface area contributed by atoms with E-state index in [1.54, 1.807) is 17.4 Å². The molecule has 1 aliphatic rings. The van der Waals surface area contributed by atoms with Crippen molar-refractivity contribution in [1.82, 2.24) is 0 Å². The third-order valence-electron chi connectivity index (χ3n) is 1.89. The van der Waals surface area contributed by atoms with Crippen molar-refractivity contribution in [2.45, 2.75) is 0 Å². The normalized spacial score (nSPS) is 18.0. The molecule has 1 fully saturated rings. The highest BCUT2D eigenvalue weighted by atomic mass is 32.1. The zero-order chi connectivity index (χ0) is 9.80. The lowest BCUT2D eigenvalue weighted by atomic mass is 10.0. The zero-order valence-electron chi connectivity index (χ0n) is 7.51. The topological polar surface area (TPSA) is 17.1 Å². The lowest BCUT2D eigenvalue weighted by Crippen LogP contribution is -2.05. The maximum atomic E-state index is 11.5. The summed E-state index contributed by atoms with van der Waals surface area (Å²) < 4.78 is 0. The predicted molar refractivity (Wildman–Crippen MR) is 58.8 cm³/mol. The van der Waals surface area contributed by atoms with E-state index in [-0.39, 0.29) is 5.78 Å². The van der Waals surface area contributed by atoms with E-state index in [1.807, 2.05) is 49.3 Å². The average molecular weight is 201 g/mol. The van der Waals surface area contributed by atoms with E-state index >= 15 is 0 Å². The minimum absolute atomic E-state index is 0.0587. The number of hydrogen-bond donors (Lipinski definition) is 0. The van der Waals surface area contributed by atoms with Crippen LogP contribution in [0.3, 0.4) is 0 Å². The van der Waals surface area contributed by atoms with E-state index in [4.69, 9.17) is 0 Å². The van der Waals surface area contributed by atoms with Crippen molar-refractivity contribution in [1.29, 1.82) is 0 Å². The summed E-state index contributed by atoms with van der Waals surface area (Å²) in [4.78, 5) is 12.6. The molecular formula is C12H9OS. The van der Waals surface area contributed by atoms with Crippen LogP contribution in [0.4, 0.5) is 0 Å². The van der Waals surface area contributed by atoms with Gasteiger partial charge in [-0.3, -0.25) is 4.79 Å². The summed E-state index contributed by atoms with van der Waals surface area (Å²) in [5.41, 5.74) is 0. The van der Waals surface area contributed by atoms with Gasteiger partial charge in [0.05, 0.1) is 5.92 Å². The number of ketones is 1. The molecule has 0 amide bonds. The van der Waals surface area contributed by atoms with Crippen LogP contribution >= 0.6 is 11.3 Å². The first-order chi connectivity index (χ1) is 6.86. The Bertz CT molecular complexity index is 318. The lowest BCUT2D eigenvalue weighted by Gasteiger charge is -1.99. The van der Waals surface area contributed by atoms with Crippen LogP contribution in [0.2, 0.25) is 0 Å². The van der Waals surface area contributed by atoms with Crippen LogP contribution < -0.4 is 0 Å². The molecule has 0 spiro atoms. The molecule has 69 valence electrons. The summed E-state index contributed by atoms with van der Waals surface area (Å²) >= 11 is 1.62. The minimum Gasteiger partial charge on any atom is -0.294 e. The van der Waals surface area contributed by atoms with Crippen molar-refractivity contribution in [3.05, 3.63) is 60.1 Å². The first-order valence-corrected chi connectivity index (χ1v) is 5.22. The summed E-state index contributed by atoms with van der Waals surface area (Å²) in [6, 6.07) is 3.96. The molecule has 0 aliphatic heterocycles. The lowest BCUT2D eigenvalue weighted by molar-refractivity contribution is -0.112. The highest BCUT2D eigenvalue weighted by Crippen LogP contribution is 2.24. The van der Waals surface area contributed by atoms with Gasteiger partial charge < -0.3 is 0 Å². The van der Waals surface area contributed by atoms with Crippen molar-refractivity contribution >= 4 is 23.2 Å². The quantitative estimate of drug-likeness (QED) is 0.687. The molecule has 1 aromatic heterocycles. The molecule has 0 unspecified atom stereocenters. The van der Waals surface area contributed by atoms with E-state index in [0.717, 1.165) is 10.8 Å². The van der Waals surface area contributed by atoms with Gasteiger partial charge in [-0.05, 0) is 49.3 Å². The van der Waals surface area contributed by atoms with Crippen molar-refractivity contribution in [3.63, 3.8) is 0 Å². The van der Waals surface area contributed by atoms with Crippen LogP contribution in [0.1, 0.15) is 4.88 Å². The minimum atomic E-state index is 0.0587. The highest BCUT2D eigenvalue weighted by molar-refractivity contribution is 7.10. The molecule has 1 saturated carbocycles. The molecule has 1 aliphatic carbocycles. The molecule has 0 atom stereocenters. The summed E-state index contributed by atoms with van der Waals surface area (Å²) in [5.74, 6) is 0.807. The Balaban J connectivity index is 1.93. The second-order valence-electron chi connectivity index (χ2n) is 2.89. The third-order valence-corrected chi connectivity index (χ3v) is 2.73. The standard InChI is InChI=1S/C12H9OS/c13-12(10-4-1-2-5-10)8-7-11-6-3-9-14-11/h1-9H/b8-7+. The Labute approximate surface area is 88.5 Å². The average Bonchev–Trinajstić information content (AvgIpc) is 2.87. The fourth-order valence-corrected chi connectivity index (χ4v) is 1.80. The van der Waals surface area contributed by atoms with E-state index in [9.17, 15) is 4.79 Å². The van der Waals surface area contributed by atoms with E-state index < -0.39 is 0 Å². The van der Waals surface area contributed by atoms with Crippen LogP contribution in [0.5, 0.6) is 0 Å². The zero-order valence-corrected chi connectivity index (χ0v) is 8.33. The number of carbonyl (C=O) groups is 1. The largest absolute Gasteiger partial charge is 0.294 e.